The highest BCUT2D eigenvalue weighted by Gasteiger charge is 2.22. The van der Waals surface area contributed by atoms with E-state index in [1.54, 1.807) is 0 Å². The third-order valence-corrected chi connectivity index (χ3v) is 4.23. The molecule has 0 aliphatic carbocycles. The summed E-state index contributed by atoms with van der Waals surface area (Å²) in [6, 6.07) is 5.43. The second-order valence-electron chi connectivity index (χ2n) is 7.11. The van der Waals surface area contributed by atoms with Gasteiger partial charge < -0.3 is 9.47 Å². The van der Waals surface area contributed by atoms with Gasteiger partial charge in [-0.3, -0.25) is 14.5 Å². The largest absolute Gasteiger partial charge is 0.463 e. The van der Waals surface area contributed by atoms with Crippen molar-refractivity contribution in [1.82, 2.24) is 4.90 Å². The number of Topliss-reactive ketones (excluding diaryl/α,β-unsaturated/α-hetero) is 1. The maximum atomic E-state index is 12.8. The molecule has 0 saturated carbocycles. The van der Waals surface area contributed by atoms with Crippen LogP contribution in [0.2, 0.25) is 0 Å². The second kappa shape index (κ2) is 10.4. The predicted octanol–water partition coefficient (Wildman–Crippen LogP) is 3.08. The molecule has 0 bridgehead atoms. The van der Waals surface area contributed by atoms with Crippen LogP contribution < -0.4 is 0 Å². The fourth-order valence-electron chi connectivity index (χ4n) is 2.99. The third kappa shape index (κ3) is 7.22. The fraction of sp³-hybridized carbons (Fsp3) is 0.600. The maximum Gasteiger partial charge on any atom is 0.305 e. The summed E-state index contributed by atoms with van der Waals surface area (Å²) in [6.07, 6.45) is 0.755. The number of halogens is 1. The van der Waals surface area contributed by atoms with Crippen molar-refractivity contribution in [3.05, 3.63) is 35.6 Å². The zero-order chi connectivity index (χ0) is 18.9. The van der Waals surface area contributed by atoms with Gasteiger partial charge in [-0.2, -0.15) is 0 Å². The number of esters is 1. The van der Waals surface area contributed by atoms with E-state index in [0.29, 0.717) is 24.5 Å². The number of benzene rings is 1. The Kier molecular flexibility index (Phi) is 8.19. The zero-order valence-corrected chi connectivity index (χ0v) is 15.6. The molecule has 6 heteroatoms. The van der Waals surface area contributed by atoms with E-state index >= 15 is 0 Å². The third-order valence-electron chi connectivity index (χ3n) is 4.23. The summed E-state index contributed by atoms with van der Waals surface area (Å²) in [7, 11) is 0. The average molecular weight is 365 g/mol. The van der Waals surface area contributed by atoms with E-state index in [4.69, 9.17) is 9.47 Å². The number of nitrogens with zero attached hydrogens (tertiary/aromatic N) is 1. The number of carbonyl (C=O) groups is 2. The minimum Gasteiger partial charge on any atom is -0.463 e. The summed E-state index contributed by atoms with van der Waals surface area (Å²) in [5.74, 6) is -0.198. The van der Waals surface area contributed by atoms with Crippen molar-refractivity contribution >= 4 is 11.8 Å². The highest BCUT2D eigenvalue weighted by atomic mass is 19.1. The first-order valence-corrected chi connectivity index (χ1v) is 9.22. The number of morpholine rings is 1. The molecule has 26 heavy (non-hydrogen) atoms. The summed E-state index contributed by atoms with van der Waals surface area (Å²) in [6.45, 7) is 7.96. The lowest BCUT2D eigenvalue weighted by atomic mass is 10.1. The van der Waals surface area contributed by atoms with Crippen LogP contribution in [0.25, 0.3) is 0 Å². The lowest BCUT2D eigenvalue weighted by molar-refractivity contribution is -0.150. The number of ether oxygens (including phenoxy) is 2. The maximum absolute atomic E-state index is 12.8. The van der Waals surface area contributed by atoms with Crippen molar-refractivity contribution in [1.29, 1.82) is 0 Å². The summed E-state index contributed by atoms with van der Waals surface area (Å²) in [5, 5.41) is 0. The van der Waals surface area contributed by atoms with Gasteiger partial charge in [0.05, 0.1) is 6.61 Å². The van der Waals surface area contributed by atoms with Gasteiger partial charge in [0, 0.05) is 38.0 Å². The van der Waals surface area contributed by atoms with Gasteiger partial charge in [0.1, 0.15) is 18.5 Å². The molecule has 1 atom stereocenters. The number of carbonyl (C=O) groups excluding carboxylic acids is 2. The van der Waals surface area contributed by atoms with Crippen molar-refractivity contribution < 1.29 is 23.5 Å². The van der Waals surface area contributed by atoms with Gasteiger partial charge in [-0.25, -0.2) is 4.39 Å². The van der Waals surface area contributed by atoms with Gasteiger partial charge in [-0.05, 0) is 36.6 Å². The first kappa shape index (κ1) is 20.5. The summed E-state index contributed by atoms with van der Waals surface area (Å²) < 4.78 is 23.8. The van der Waals surface area contributed by atoms with Gasteiger partial charge in [-0.1, -0.05) is 13.8 Å². The van der Waals surface area contributed by atoms with Gasteiger partial charge >= 0.3 is 5.97 Å². The Hall–Kier alpha value is -1.79. The summed E-state index contributed by atoms with van der Waals surface area (Å²) >= 11 is 0. The van der Waals surface area contributed by atoms with Crippen LogP contribution in [-0.4, -0.2) is 55.6 Å². The molecule has 144 valence electrons. The molecule has 1 saturated heterocycles. The summed E-state index contributed by atoms with van der Waals surface area (Å²) in [4.78, 5) is 26.1. The number of hydrogen-bond donors (Lipinski definition) is 0. The SMILES string of the molecule is CC(C)CN1CCOC(COC(=O)CCCC(=O)c2ccc(F)cc2)C1. The fourth-order valence-corrected chi connectivity index (χ4v) is 2.99. The molecule has 0 spiro atoms. The topological polar surface area (TPSA) is 55.8 Å². The first-order chi connectivity index (χ1) is 12.4. The molecule has 0 radical (unpaired) electrons. The Morgan fingerprint density at radius 2 is 2.00 bits per heavy atom. The molecule has 1 aromatic carbocycles. The van der Waals surface area contributed by atoms with E-state index in [0.717, 1.165) is 19.6 Å². The van der Waals surface area contributed by atoms with Crippen LogP contribution in [0.5, 0.6) is 0 Å². The van der Waals surface area contributed by atoms with E-state index in [9.17, 15) is 14.0 Å². The lowest BCUT2D eigenvalue weighted by Crippen LogP contribution is -2.45. The normalized spacial score (nSPS) is 18.1. The molecule has 1 aliphatic heterocycles. The first-order valence-electron chi connectivity index (χ1n) is 9.22. The molecular weight excluding hydrogens is 337 g/mol. The lowest BCUT2D eigenvalue weighted by Gasteiger charge is -2.33. The highest BCUT2D eigenvalue weighted by Crippen LogP contribution is 2.11. The van der Waals surface area contributed by atoms with Crippen molar-refractivity contribution in [2.24, 2.45) is 5.92 Å². The Morgan fingerprint density at radius 3 is 2.69 bits per heavy atom. The zero-order valence-electron chi connectivity index (χ0n) is 15.6. The molecule has 1 aromatic rings. The molecule has 0 amide bonds. The van der Waals surface area contributed by atoms with Crippen LogP contribution in [0, 0.1) is 11.7 Å². The molecule has 1 aliphatic rings. The predicted molar refractivity (Wildman–Crippen MR) is 96.6 cm³/mol. The molecule has 1 heterocycles. The molecule has 5 nitrogen and oxygen atoms in total. The van der Waals surface area contributed by atoms with Crippen molar-refractivity contribution in [3.8, 4) is 0 Å². The van der Waals surface area contributed by atoms with Crippen LogP contribution in [0.4, 0.5) is 4.39 Å². The highest BCUT2D eigenvalue weighted by molar-refractivity contribution is 5.96. The minimum absolute atomic E-state index is 0.0905. The Labute approximate surface area is 154 Å². The Morgan fingerprint density at radius 1 is 1.27 bits per heavy atom. The van der Waals surface area contributed by atoms with E-state index < -0.39 is 0 Å². The molecule has 2 rings (SSSR count). The summed E-state index contributed by atoms with van der Waals surface area (Å²) in [5.41, 5.74) is 0.459. The van der Waals surface area contributed by atoms with Gasteiger partial charge in [0.25, 0.3) is 0 Å². The van der Waals surface area contributed by atoms with E-state index in [1.807, 2.05) is 0 Å². The van der Waals surface area contributed by atoms with E-state index in [2.05, 4.69) is 18.7 Å². The van der Waals surface area contributed by atoms with Crippen LogP contribution in [-0.2, 0) is 14.3 Å². The minimum atomic E-state index is -0.373. The molecular formula is C20H28FNO4. The quantitative estimate of drug-likeness (QED) is 0.497. The van der Waals surface area contributed by atoms with Gasteiger partial charge in [0.2, 0.25) is 0 Å². The molecule has 1 unspecified atom stereocenters. The van der Waals surface area contributed by atoms with Gasteiger partial charge in [-0.15, -0.1) is 0 Å². The van der Waals surface area contributed by atoms with Crippen molar-refractivity contribution in [3.63, 3.8) is 0 Å². The molecule has 1 fully saturated rings. The molecule has 0 N–H and O–H groups in total. The van der Waals surface area contributed by atoms with E-state index in [-0.39, 0.29) is 43.1 Å². The van der Waals surface area contributed by atoms with Crippen LogP contribution in [0.3, 0.4) is 0 Å². The monoisotopic (exact) mass is 365 g/mol. The standard InChI is InChI=1S/C20H28FNO4/c1-15(2)12-22-10-11-25-18(13-22)14-26-20(24)5-3-4-19(23)16-6-8-17(21)9-7-16/h6-9,15,18H,3-5,10-14H2,1-2H3. The number of rotatable bonds is 9. The Bertz CT molecular complexity index is 588. The Balaban J connectivity index is 1.62. The smallest absolute Gasteiger partial charge is 0.305 e. The van der Waals surface area contributed by atoms with E-state index in [1.165, 1.54) is 24.3 Å². The van der Waals surface area contributed by atoms with Crippen molar-refractivity contribution in [2.75, 3.05) is 32.8 Å². The van der Waals surface area contributed by atoms with Crippen molar-refractivity contribution in [2.45, 2.75) is 39.2 Å². The van der Waals surface area contributed by atoms with Crippen LogP contribution in [0.15, 0.2) is 24.3 Å². The number of ketones is 1. The van der Waals surface area contributed by atoms with Crippen LogP contribution in [0.1, 0.15) is 43.5 Å². The second-order valence-corrected chi connectivity index (χ2v) is 7.11. The molecule has 0 aromatic heterocycles. The van der Waals surface area contributed by atoms with Gasteiger partial charge in [0.15, 0.2) is 5.78 Å². The van der Waals surface area contributed by atoms with Crippen LogP contribution >= 0.6 is 0 Å². The average Bonchev–Trinajstić information content (AvgIpc) is 2.60. The number of hydrogen-bond acceptors (Lipinski definition) is 5.